The van der Waals surface area contributed by atoms with E-state index in [0.29, 0.717) is 25.4 Å². The van der Waals surface area contributed by atoms with Crippen LogP contribution in [0.3, 0.4) is 0 Å². The summed E-state index contributed by atoms with van der Waals surface area (Å²) in [6, 6.07) is 7.29. The maximum Gasteiger partial charge on any atom is 0.325 e. The van der Waals surface area contributed by atoms with Crippen LogP contribution >= 0.6 is 0 Å². The molecule has 8 heteroatoms. The lowest BCUT2D eigenvalue weighted by Gasteiger charge is -2.39. The van der Waals surface area contributed by atoms with E-state index in [9.17, 15) is 14.4 Å². The van der Waals surface area contributed by atoms with Crippen LogP contribution in [0.5, 0.6) is 0 Å². The van der Waals surface area contributed by atoms with Gasteiger partial charge < -0.3 is 15.0 Å². The molecule has 1 aromatic carbocycles. The van der Waals surface area contributed by atoms with E-state index in [1.807, 2.05) is 29.2 Å². The molecule has 3 fully saturated rings. The number of fused-ring (bicyclic) bond motifs is 2. The van der Waals surface area contributed by atoms with Crippen molar-refractivity contribution in [1.82, 2.24) is 20.0 Å². The van der Waals surface area contributed by atoms with Crippen molar-refractivity contribution >= 4 is 17.8 Å². The highest BCUT2D eigenvalue weighted by atomic mass is 16.5. The van der Waals surface area contributed by atoms with Gasteiger partial charge in [0, 0.05) is 32.7 Å². The molecule has 0 radical (unpaired) electrons. The van der Waals surface area contributed by atoms with Crippen LogP contribution < -0.4 is 5.32 Å². The van der Waals surface area contributed by atoms with Crippen molar-refractivity contribution in [3.8, 4) is 0 Å². The van der Waals surface area contributed by atoms with Gasteiger partial charge in [-0.1, -0.05) is 24.3 Å². The van der Waals surface area contributed by atoms with E-state index in [1.165, 1.54) is 0 Å². The zero-order chi connectivity index (χ0) is 23.2. The molecule has 3 aliphatic heterocycles. The summed E-state index contributed by atoms with van der Waals surface area (Å²) in [5.41, 5.74) is 0.948. The van der Waals surface area contributed by atoms with Gasteiger partial charge in [0.1, 0.15) is 12.1 Å². The maximum absolute atomic E-state index is 13.3. The second-order valence-electron chi connectivity index (χ2n) is 10.2. The Morgan fingerprint density at radius 3 is 2.55 bits per heavy atom. The van der Waals surface area contributed by atoms with E-state index in [2.05, 4.69) is 24.1 Å². The Morgan fingerprint density at radius 2 is 1.82 bits per heavy atom. The number of urea groups is 1. The number of carbonyl (C=O) groups is 3. The van der Waals surface area contributed by atoms with Crippen LogP contribution in [0.25, 0.3) is 0 Å². The number of carbonyl (C=O) groups excluding carboxylic acids is 3. The summed E-state index contributed by atoms with van der Waals surface area (Å²) in [4.78, 5) is 44.4. The second-order valence-corrected chi connectivity index (χ2v) is 10.2. The lowest BCUT2D eigenvalue weighted by Crippen LogP contribution is -2.50. The molecule has 8 nitrogen and oxygen atoms in total. The molecule has 3 atom stereocenters. The first kappa shape index (κ1) is 22.3. The average Bonchev–Trinajstić information content (AvgIpc) is 3.27. The molecule has 0 aromatic heterocycles. The highest BCUT2D eigenvalue weighted by Crippen LogP contribution is 2.41. The number of amides is 4. The molecule has 0 saturated carbocycles. The molecule has 3 saturated heterocycles. The van der Waals surface area contributed by atoms with Crippen LogP contribution in [0.4, 0.5) is 4.79 Å². The number of morpholine rings is 1. The Hall–Kier alpha value is -2.45. The molecule has 4 amide bonds. The van der Waals surface area contributed by atoms with Crippen LogP contribution in [0.1, 0.15) is 44.2 Å². The molecular formula is C25H34N4O4. The van der Waals surface area contributed by atoms with E-state index in [0.717, 1.165) is 54.9 Å². The van der Waals surface area contributed by atoms with Gasteiger partial charge in [-0.2, -0.15) is 0 Å². The van der Waals surface area contributed by atoms with Gasteiger partial charge in [-0.3, -0.25) is 19.4 Å². The summed E-state index contributed by atoms with van der Waals surface area (Å²) in [5, 5.41) is 2.90. The van der Waals surface area contributed by atoms with Crippen molar-refractivity contribution in [2.45, 2.75) is 57.3 Å². The molecular weight excluding hydrogens is 420 g/mol. The molecule has 1 spiro atoms. The number of hydrogen-bond donors (Lipinski definition) is 1. The van der Waals surface area contributed by atoms with Gasteiger partial charge in [-0.25, -0.2) is 4.79 Å². The van der Waals surface area contributed by atoms with Gasteiger partial charge in [0.05, 0.1) is 12.2 Å². The predicted molar refractivity (Wildman–Crippen MR) is 122 cm³/mol. The highest BCUT2D eigenvalue weighted by Gasteiger charge is 2.55. The molecule has 4 aliphatic rings. The predicted octanol–water partition coefficient (Wildman–Crippen LogP) is 1.73. The van der Waals surface area contributed by atoms with Gasteiger partial charge in [-0.15, -0.1) is 0 Å². The van der Waals surface area contributed by atoms with Crippen LogP contribution in [0.15, 0.2) is 24.3 Å². The normalized spacial score (nSPS) is 30.7. The minimum atomic E-state index is -1.01. The van der Waals surface area contributed by atoms with Crippen molar-refractivity contribution < 1.29 is 19.1 Å². The maximum atomic E-state index is 13.3. The molecule has 3 unspecified atom stereocenters. The number of rotatable bonds is 4. The first-order valence-corrected chi connectivity index (χ1v) is 12.2. The number of nitrogens with zero attached hydrogens (tertiary/aromatic N) is 3. The minimum Gasteiger partial charge on any atom is -0.373 e. The van der Waals surface area contributed by atoms with E-state index in [4.69, 9.17) is 4.74 Å². The van der Waals surface area contributed by atoms with Crippen LogP contribution in [0, 0.1) is 5.92 Å². The summed E-state index contributed by atoms with van der Waals surface area (Å²) < 4.78 is 5.83. The minimum absolute atomic E-state index is 0.145. The fourth-order valence-corrected chi connectivity index (χ4v) is 6.13. The van der Waals surface area contributed by atoms with E-state index in [1.54, 1.807) is 0 Å². The molecule has 0 bridgehead atoms. The van der Waals surface area contributed by atoms with E-state index >= 15 is 0 Å². The van der Waals surface area contributed by atoms with Crippen LogP contribution in [-0.2, 0) is 26.3 Å². The van der Waals surface area contributed by atoms with Crippen molar-refractivity contribution in [1.29, 1.82) is 0 Å². The number of likely N-dealkylation sites (tertiary alicyclic amines) is 1. The number of aryl methyl sites for hydroxylation is 1. The van der Waals surface area contributed by atoms with E-state index < -0.39 is 11.6 Å². The molecule has 33 heavy (non-hydrogen) atoms. The van der Waals surface area contributed by atoms with Crippen molar-refractivity contribution in [2.24, 2.45) is 5.92 Å². The number of imide groups is 1. The summed E-state index contributed by atoms with van der Waals surface area (Å²) in [6.07, 6.45) is 3.71. The Labute approximate surface area is 195 Å². The largest absolute Gasteiger partial charge is 0.373 e. The number of benzene rings is 1. The summed E-state index contributed by atoms with van der Waals surface area (Å²) >= 11 is 0. The third kappa shape index (κ3) is 4.15. The van der Waals surface area contributed by atoms with Gasteiger partial charge in [0.2, 0.25) is 5.91 Å². The Bertz CT molecular complexity index is 934. The number of nitrogens with one attached hydrogen (secondary N) is 1. The van der Waals surface area contributed by atoms with Crippen molar-refractivity contribution in [3.63, 3.8) is 0 Å². The van der Waals surface area contributed by atoms with Crippen molar-refractivity contribution in [3.05, 3.63) is 35.4 Å². The van der Waals surface area contributed by atoms with Gasteiger partial charge in [0.25, 0.3) is 5.91 Å². The Morgan fingerprint density at radius 1 is 1.12 bits per heavy atom. The smallest absolute Gasteiger partial charge is 0.325 e. The summed E-state index contributed by atoms with van der Waals surface area (Å²) in [7, 11) is 0. The summed E-state index contributed by atoms with van der Waals surface area (Å²) in [5.74, 6) is 0.117. The number of hydrogen-bond acceptors (Lipinski definition) is 5. The molecule has 1 N–H and O–H groups in total. The fraction of sp³-hybridized carbons (Fsp3) is 0.640. The molecule has 3 heterocycles. The zero-order valence-electron chi connectivity index (χ0n) is 19.6. The topological polar surface area (TPSA) is 82.2 Å². The van der Waals surface area contributed by atoms with Crippen LogP contribution in [0.2, 0.25) is 0 Å². The molecule has 1 aliphatic carbocycles. The highest BCUT2D eigenvalue weighted by molar-refractivity contribution is 6.09. The Balaban J connectivity index is 1.16. The number of ether oxygens (including phenoxy) is 1. The molecule has 178 valence electrons. The Kier molecular flexibility index (Phi) is 5.91. The van der Waals surface area contributed by atoms with Crippen molar-refractivity contribution in [2.75, 3.05) is 39.3 Å². The SMILES string of the molecule is CC1CN(CC2CCN(C(=O)CN3C(=O)NC4(CCc5ccccc54)C3=O)CC2)CC(C)O1. The van der Waals surface area contributed by atoms with Crippen LogP contribution in [-0.4, -0.2) is 84.0 Å². The first-order chi connectivity index (χ1) is 15.9. The van der Waals surface area contributed by atoms with Gasteiger partial charge in [-0.05, 0) is 56.6 Å². The standard InChI is InChI=1S/C25H34N4O4/c1-17-13-27(14-18(2)33-17)15-19-8-11-28(12-9-19)22(30)16-29-23(31)25(26-24(29)32)10-7-20-5-3-4-6-21(20)25/h3-6,17-19H,7-16H2,1-2H3,(H,26,32). The first-order valence-electron chi connectivity index (χ1n) is 12.2. The third-order valence-corrected chi connectivity index (χ3v) is 7.69. The molecule has 5 rings (SSSR count). The lowest BCUT2D eigenvalue weighted by atomic mass is 9.92. The lowest BCUT2D eigenvalue weighted by molar-refractivity contribution is -0.140. The van der Waals surface area contributed by atoms with Gasteiger partial charge in [0.15, 0.2) is 0 Å². The second kappa shape index (κ2) is 8.72. The zero-order valence-corrected chi connectivity index (χ0v) is 19.6. The summed E-state index contributed by atoms with van der Waals surface area (Å²) in [6.45, 7) is 8.36. The van der Waals surface area contributed by atoms with Gasteiger partial charge >= 0.3 is 6.03 Å². The molecule has 1 aromatic rings. The monoisotopic (exact) mass is 454 g/mol. The quantitative estimate of drug-likeness (QED) is 0.701. The fourth-order valence-electron chi connectivity index (χ4n) is 6.13. The third-order valence-electron chi connectivity index (χ3n) is 7.69. The number of piperidine rings is 1. The van der Waals surface area contributed by atoms with E-state index in [-0.39, 0.29) is 30.6 Å². The average molecular weight is 455 g/mol.